The van der Waals surface area contributed by atoms with E-state index in [4.69, 9.17) is 19.0 Å². The predicted molar refractivity (Wildman–Crippen MR) is 126 cm³/mol. The highest BCUT2D eigenvalue weighted by atomic mass is 16.5. The van der Waals surface area contributed by atoms with Crippen molar-refractivity contribution in [3.8, 4) is 23.0 Å². The summed E-state index contributed by atoms with van der Waals surface area (Å²) in [4.78, 5) is 15.7. The number of benzene rings is 2. The number of hydrogen-bond acceptors (Lipinski definition) is 5. The summed E-state index contributed by atoms with van der Waals surface area (Å²) in [5.41, 5.74) is 2.74. The fourth-order valence-corrected chi connectivity index (χ4v) is 4.22. The van der Waals surface area contributed by atoms with Gasteiger partial charge in [-0.05, 0) is 55.9 Å². The zero-order valence-corrected chi connectivity index (χ0v) is 19.1. The van der Waals surface area contributed by atoms with Crippen molar-refractivity contribution in [1.82, 2.24) is 4.98 Å². The van der Waals surface area contributed by atoms with E-state index in [0.717, 1.165) is 28.3 Å². The third kappa shape index (κ3) is 6.37. The minimum absolute atomic E-state index is 0.0785. The number of nitrogens with zero attached hydrogens (tertiary/aromatic N) is 1. The molecule has 3 aromatic rings. The molecular formula is C27H31NO5. The van der Waals surface area contributed by atoms with Gasteiger partial charge in [0.2, 0.25) is 5.89 Å². The summed E-state index contributed by atoms with van der Waals surface area (Å²) < 4.78 is 18.0. The molecule has 0 spiro atoms. The van der Waals surface area contributed by atoms with Crippen LogP contribution in [0.25, 0.3) is 11.5 Å². The molecule has 1 fully saturated rings. The highest BCUT2D eigenvalue weighted by Crippen LogP contribution is 2.30. The number of rotatable bonds is 11. The molecule has 0 saturated heterocycles. The number of carboxylic acid groups (broad SMARTS) is 1. The van der Waals surface area contributed by atoms with E-state index in [1.807, 2.05) is 55.5 Å². The molecule has 1 heterocycles. The number of hydrogen-bond donors (Lipinski definition) is 1. The van der Waals surface area contributed by atoms with Crippen LogP contribution < -0.4 is 9.47 Å². The molecule has 1 aliphatic carbocycles. The first kappa shape index (κ1) is 22.9. The molecule has 6 heteroatoms. The van der Waals surface area contributed by atoms with Crippen molar-refractivity contribution in [2.24, 2.45) is 5.92 Å². The van der Waals surface area contributed by atoms with Crippen molar-refractivity contribution in [1.29, 1.82) is 0 Å². The van der Waals surface area contributed by atoms with Crippen LogP contribution in [0.1, 0.15) is 49.1 Å². The Balaban J connectivity index is 1.38. The number of aliphatic carboxylic acids is 1. The van der Waals surface area contributed by atoms with Crippen LogP contribution in [-0.2, 0) is 17.6 Å². The second kappa shape index (κ2) is 11.0. The van der Waals surface area contributed by atoms with Gasteiger partial charge in [0.15, 0.2) is 0 Å². The van der Waals surface area contributed by atoms with E-state index in [2.05, 4.69) is 4.98 Å². The van der Waals surface area contributed by atoms with Crippen LogP contribution in [0.3, 0.4) is 0 Å². The van der Waals surface area contributed by atoms with Crippen molar-refractivity contribution in [3.63, 3.8) is 0 Å². The highest BCUT2D eigenvalue weighted by molar-refractivity contribution is 5.67. The van der Waals surface area contributed by atoms with Crippen LogP contribution in [0.5, 0.6) is 11.5 Å². The first-order valence-electron chi connectivity index (χ1n) is 11.7. The van der Waals surface area contributed by atoms with Crippen molar-refractivity contribution in [2.45, 2.75) is 51.9 Å². The lowest BCUT2D eigenvalue weighted by Crippen LogP contribution is -2.10. The average molecular weight is 450 g/mol. The quantitative estimate of drug-likeness (QED) is 0.395. The Kier molecular flexibility index (Phi) is 7.66. The molecular weight excluding hydrogens is 418 g/mol. The summed E-state index contributed by atoms with van der Waals surface area (Å²) in [5, 5.41) is 9.06. The van der Waals surface area contributed by atoms with Crippen LogP contribution in [0.4, 0.5) is 0 Å². The molecule has 1 aliphatic rings. The van der Waals surface area contributed by atoms with Crippen LogP contribution in [0, 0.1) is 12.8 Å². The van der Waals surface area contributed by atoms with Gasteiger partial charge in [-0.15, -0.1) is 0 Å². The largest absolute Gasteiger partial charge is 0.493 e. The van der Waals surface area contributed by atoms with E-state index in [9.17, 15) is 4.79 Å². The average Bonchev–Trinajstić information content (AvgIpc) is 3.47. The number of ether oxygens (including phenoxy) is 2. The molecule has 33 heavy (non-hydrogen) atoms. The zero-order chi connectivity index (χ0) is 23.0. The van der Waals surface area contributed by atoms with Crippen LogP contribution >= 0.6 is 0 Å². The Bertz CT molecular complexity index is 1050. The number of oxazole rings is 1. The second-order valence-electron chi connectivity index (χ2n) is 8.61. The van der Waals surface area contributed by atoms with Crippen molar-refractivity contribution in [3.05, 3.63) is 65.5 Å². The normalized spacial score (nSPS) is 13.8. The first-order chi connectivity index (χ1) is 16.1. The summed E-state index contributed by atoms with van der Waals surface area (Å²) >= 11 is 0. The molecule has 0 atom stereocenters. The summed E-state index contributed by atoms with van der Waals surface area (Å²) in [6.07, 6.45) is 6.06. The van der Waals surface area contributed by atoms with Crippen molar-refractivity contribution < 1.29 is 23.8 Å². The summed E-state index contributed by atoms with van der Waals surface area (Å²) in [6.45, 7) is 3.04. The van der Waals surface area contributed by atoms with Gasteiger partial charge in [0.1, 0.15) is 17.3 Å². The monoisotopic (exact) mass is 449 g/mol. The third-order valence-electron chi connectivity index (χ3n) is 6.12. The van der Waals surface area contributed by atoms with Gasteiger partial charge < -0.3 is 19.0 Å². The lowest BCUT2D eigenvalue weighted by atomic mass is 10.1. The fourth-order valence-electron chi connectivity index (χ4n) is 4.22. The minimum atomic E-state index is -0.810. The van der Waals surface area contributed by atoms with E-state index in [1.54, 1.807) is 0 Å². The Morgan fingerprint density at radius 1 is 1.09 bits per heavy atom. The van der Waals surface area contributed by atoms with E-state index in [-0.39, 0.29) is 6.42 Å². The fraction of sp³-hybridized carbons (Fsp3) is 0.407. The molecule has 0 unspecified atom stereocenters. The van der Waals surface area contributed by atoms with Gasteiger partial charge in [0.05, 0.1) is 18.9 Å². The molecule has 1 saturated carbocycles. The van der Waals surface area contributed by atoms with Crippen LogP contribution in [0.2, 0.25) is 0 Å². The number of aromatic nitrogens is 1. The lowest BCUT2D eigenvalue weighted by Gasteiger charge is -2.16. The van der Waals surface area contributed by atoms with Crippen molar-refractivity contribution >= 4 is 5.97 Å². The SMILES string of the molecule is Cc1oc(-c2ccccc2)nc1CCOc1ccc(CCC(=O)O)c(OCC2CCCC2)c1. The molecule has 1 N–H and O–H groups in total. The molecule has 0 radical (unpaired) electrons. The van der Waals surface area contributed by atoms with Gasteiger partial charge in [-0.2, -0.15) is 0 Å². The van der Waals surface area contributed by atoms with Gasteiger partial charge in [0, 0.05) is 24.5 Å². The molecule has 0 bridgehead atoms. The Hall–Kier alpha value is -3.28. The molecule has 6 nitrogen and oxygen atoms in total. The molecule has 2 aromatic carbocycles. The maximum Gasteiger partial charge on any atom is 0.303 e. The summed E-state index contributed by atoms with van der Waals surface area (Å²) in [7, 11) is 0. The van der Waals surface area contributed by atoms with Gasteiger partial charge >= 0.3 is 5.97 Å². The maximum atomic E-state index is 11.0. The van der Waals surface area contributed by atoms with Gasteiger partial charge in [-0.25, -0.2) is 4.98 Å². The highest BCUT2D eigenvalue weighted by Gasteiger charge is 2.17. The maximum absolute atomic E-state index is 11.0. The molecule has 0 amide bonds. The summed E-state index contributed by atoms with van der Waals surface area (Å²) in [5.74, 6) is 2.62. The van der Waals surface area contributed by atoms with E-state index < -0.39 is 5.97 Å². The number of carbonyl (C=O) groups is 1. The van der Waals surface area contributed by atoms with Crippen molar-refractivity contribution in [2.75, 3.05) is 13.2 Å². The van der Waals surface area contributed by atoms with Gasteiger partial charge in [-0.3, -0.25) is 4.79 Å². The zero-order valence-electron chi connectivity index (χ0n) is 19.1. The van der Waals surface area contributed by atoms with E-state index in [0.29, 0.717) is 43.6 Å². The third-order valence-corrected chi connectivity index (χ3v) is 6.12. The van der Waals surface area contributed by atoms with Crippen LogP contribution in [0.15, 0.2) is 52.9 Å². The Morgan fingerprint density at radius 3 is 2.64 bits per heavy atom. The second-order valence-corrected chi connectivity index (χ2v) is 8.61. The number of aryl methyl sites for hydroxylation is 2. The molecule has 0 aliphatic heterocycles. The summed E-state index contributed by atoms with van der Waals surface area (Å²) in [6, 6.07) is 15.5. The van der Waals surface area contributed by atoms with Gasteiger partial charge in [-0.1, -0.05) is 37.1 Å². The Morgan fingerprint density at radius 2 is 1.88 bits per heavy atom. The molecule has 1 aromatic heterocycles. The minimum Gasteiger partial charge on any atom is -0.493 e. The molecule has 174 valence electrons. The Labute approximate surface area is 194 Å². The smallest absolute Gasteiger partial charge is 0.303 e. The lowest BCUT2D eigenvalue weighted by molar-refractivity contribution is -0.136. The predicted octanol–water partition coefficient (Wildman–Crippen LogP) is 5.86. The van der Waals surface area contributed by atoms with E-state index in [1.165, 1.54) is 25.7 Å². The van der Waals surface area contributed by atoms with Crippen LogP contribution in [-0.4, -0.2) is 29.3 Å². The topological polar surface area (TPSA) is 81.8 Å². The number of carboxylic acids is 1. The standard InChI is InChI=1S/C27H31NO5/c1-19-24(28-27(33-19)22-9-3-2-4-10-22)15-16-31-23-13-11-21(12-14-26(29)30)25(17-23)32-18-20-7-5-6-8-20/h2-4,9-11,13,17,20H,5-8,12,14-16,18H2,1H3,(H,29,30). The molecule has 4 rings (SSSR count). The van der Waals surface area contributed by atoms with E-state index >= 15 is 0 Å². The van der Waals surface area contributed by atoms with Gasteiger partial charge in [0.25, 0.3) is 0 Å². The first-order valence-corrected chi connectivity index (χ1v) is 11.7.